The number of nitrogens with two attached hydrogens (primary N) is 1. The Labute approximate surface area is 272 Å². The molecule has 260 valence electrons. The van der Waals surface area contributed by atoms with Gasteiger partial charge >= 0.3 is 5.97 Å². The average Bonchev–Trinajstić information content (AvgIpc) is 3.59. The lowest BCUT2D eigenvalue weighted by Crippen LogP contribution is -2.57. The van der Waals surface area contributed by atoms with Gasteiger partial charge in [0.15, 0.2) is 18.4 Å². The molecular weight excluding hydrogens is 594 g/mol. The molecule has 46 heavy (non-hydrogen) atoms. The second-order valence-corrected chi connectivity index (χ2v) is 15.2. The number of Topliss-reactive ketones (excluding diaryl/α,β-unsaturated/α-hetero) is 1. The number of hydrogen-bond donors (Lipinski definition) is 4. The first-order valence-corrected chi connectivity index (χ1v) is 17.8. The van der Waals surface area contributed by atoms with Gasteiger partial charge in [0.1, 0.15) is 18.3 Å². The molecule has 0 spiro atoms. The lowest BCUT2D eigenvalue weighted by Gasteiger charge is -2.40. The second kappa shape index (κ2) is 14.2. The van der Waals surface area contributed by atoms with E-state index in [1.54, 1.807) is 6.92 Å². The van der Waals surface area contributed by atoms with Crippen molar-refractivity contribution in [3.63, 3.8) is 0 Å². The SMILES string of the molecule is CC1CCCC(OC2CC[C@H](N)[C@@H](C)O2)C(C)C(=O)C2=CC3C4CC(O[C@@H]5O[C@@H](C)[C@H](O)[C@@H](O)[C@H]5O)CC4CCC3C2CC(=O)O1. The maximum atomic E-state index is 14.4. The van der Waals surface area contributed by atoms with Crippen LogP contribution in [0.25, 0.3) is 0 Å². The molecule has 5 fully saturated rings. The monoisotopic (exact) mass is 649 g/mol. The van der Waals surface area contributed by atoms with Crippen molar-refractivity contribution in [1.82, 2.24) is 0 Å². The third-order valence-corrected chi connectivity index (χ3v) is 12.1. The number of cyclic esters (lactones) is 1. The molecule has 3 saturated heterocycles. The summed E-state index contributed by atoms with van der Waals surface area (Å²) < 4.78 is 30.4. The van der Waals surface area contributed by atoms with E-state index in [1.807, 2.05) is 20.8 Å². The molecule has 3 heterocycles. The zero-order chi connectivity index (χ0) is 32.9. The quantitative estimate of drug-likeness (QED) is 0.331. The number of ketones is 1. The number of carbonyl (C=O) groups is 2. The van der Waals surface area contributed by atoms with Crippen molar-refractivity contribution in [1.29, 1.82) is 0 Å². The van der Waals surface area contributed by atoms with E-state index in [0.717, 1.165) is 44.1 Å². The zero-order valence-electron chi connectivity index (χ0n) is 27.7. The van der Waals surface area contributed by atoms with Gasteiger partial charge in [0.25, 0.3) is 0 Å². The molecule has 0 amide bonds. The molecule has 6 rings (SSSR count). The number of aliphatic hydroxyl groups is 3. The van der Waals surface area contributed by atoms with E-state index in [2.05, 4.69) is 6.08 Å². The van der Waals surface area contributed by atoms with Crippen LogP contribution in [0, 0.1) is 35.5 Å². The van der Waals surface area contributed by atoms with E-state index in [-0.39, 0.29) is 72.3 Å². The molecule has 11 nitrogen and oxygen atoms in total. The van der Waals surface area contributed by atoms with Gasteiger partial charge in [-0.15, -0.1) is 0 Å². The smallest absolute Gasteiger partial charge is 0.306 e. The van der Waals surface area contributed by atoms with E-state index < -0.39 is 42.9 Å². The molecule has 3 aliphatic carbocycles. The summed E-state index contributed by atoms with van der Waals surface area (Å²) in [6, 6.07) is -0.0220. The fourth-order valence-electron chi connectivity index (χ4n) is 9.31. The van der Waals surface area contributed by atoms with Gasteiger partial charge in [-0.1, -0.05) is 13.0 Å². The Morgan fingerprint density at radius 2 is 1.61 bits per heavy atom. The van der Waals surface area contributed by atoms with Crippen LogP contribution in [0.15, 0.2) is 11.6 Å². The van der Waals surface area contributed by atoms with Crippen LogP contribution in [0.2, 0.25) is 0 Å². The molecule has 0 aromatic rings. The van der Waals surface area contributed by atoms with Crippen LogP contribution < -0.4 is 5.73 Å². The number of hydrogen-bond acceptors (Lipinski definition) is 11. The maximum Gasteiger partial charge on any atom is 0.306 e. The molecule has 2 saturated carbocycles. The molecule has 0 aromatic carbocycles. The van der Waals surface area contributed by atoms with Crippen LogP contribution in [0.5, 0.6) is 0 Å². The van der Waals surface area contributed by atoms with E-state index in [0.29, 0.717) is 25.2 Å². The fourth-order valence-corrected chi connectivity index (χ4v) is 9.31. The van der Waals surface area contributed by atoms with Crippen molar-refractivity contribution in [3.8, 4) is 0 Å². The van der Waals surface area contributed by atoms with Gasteiger partial charge in [-0.25, -0.2) is 0 Å². The highest BCUT2D eigenvalue weighted by molar-refractivity contribution is 5.99. The Hall–Kier alpha value is -1.44. The summed E-state index contributed by atoms with van der Waals surface area (Å²) in [6.45, 7) is 7.51. The van der Waals surface area contributed by atoms with E-state index >= 15 is 0 Å². The average molecular weight is 650 g/mol. The molecule has 0 bridgehead atoms. The maximum absolute atomic E-state index is 14.4. The lowest BCUT2D eigenvalue weighted by atomic mass is 9.66. The van der Waals surface area contributed by atoms with Crippen LogP contribution >= 0.6 is 0 Å². The number of aliphatic hydroxyl groups excluding tert-OH is 3. The summed E-state index contributed by atoms with van der Waals surface area (Å²) in [5.41, 5.74) is 6.91. The Balaban J connectivity index is 1.20. The minimum Gasteiger partial charge on any atom is -0.463 e. The predicted molar refractivity (Wildman–Crippen MR) is 166 cm³/mol. The first-order chi connectivity index (χ1) is 21.9. The Kier molecular flexibility index (Phi) is 10.6. The molecule has 0 radical (unpaired) electrons. The van der Waals surface area contributed by atoms with Gasteiger partial charge in [-0.05, 0) is 108 Å². The first-order valence-electron chi connectivity index (χ1n) is 17.8. The van der Waals surface area contributed by atoms with Crippen LogP contribution in [0.1, 0.15) is 91.9 Å². The summed E-state index contributed by atoms with van der Waals surface area (Å²) in [5, 5.41) is 30.9. The van der Waals surface area contributed by atoms with E-state index in [1.165, 1.54) is 0 Å². The number of carbonyl (C=O) groups excluding carboxylic acids is 2. The van der Waals surface area contributed by atoms with Gasteiger partial charge in [-0.2, -0.15) is 0 Å². The summed E-state index contributed by atoms with van der Waals surface area (Å²) in [6.07, 6.45) is 2.65. The van der Waals surface area contributed by atoms with Gasteiger partial charge in [-0.3, -0.25) is 9.59 Å². The molecule has 0 aromatic heterocycles. The molecule has 11 heteroatoms. The van der Waals surface area contributed by atoms with Gasteiger partial charge < -0.3 is 44.7 Å². The van der Waals surface area contributed by atoms with Crippen LogP contribution in [0.4, 0.5) is 0 Å². The number of rotatable bonds is 4. The van der Waals surface area contributed by atoms with Crippen LogP contribution in [-0.2, 0) is 33.3 Å². The van der Waals surface area contributed by atoms with E-state index in [4.69, 9.17) is 29.4 Å². The summed E-state index contributed by atoms with van der Waals surface area (Å²) >= 11 is 0. The van der Waals surface area contributed by atoms with Gasteiger partial charge in [0.2, 0.25) is 0 Å². The van der Waals surface area contributed by atoms with Crippen molar-refractivity contribution in [2.24, 2.45) is 41.2 Å². The molecule has 10 unspecified atom stereocenters. The molecular formula is C35H55NO10. The Bertz CT molecular complexity index is 1130. The first kappa shape index (κ1) is 34.4. The van der Waals surface area contributed by atoms with E-state index in [9.17, 15) is 24.9 Å². The molecule has 5 N–H and O–H groups in total. The minimum absolute atomic E-state index is 0.0220. The Morgan fingerprint density at radius 1 is 0.826 bits per heavy atom. The van der Waals surface area contributed by atoms with Gasteiger partial charge in [0, 0.05) is 17.9 Å². The third kappa shape index (κ3) is 6.99. The fraction of sp³-hybridized carbons (Fsp3) is 0.886. The standard InChI is InChI=1S/C35H55NO10/c1-16-6-5-7-28(46-30-11-10-27(36)18(3)43-30)17(2)31(38)26-14-24-22(25(26)15-29(37)42-16)9-8-20-12-21(13-23(20)24)45-35-34(41)33(40)32(39)19(4)44-35/h14,16-25,27-28,30,32-35,39-41H,5-13,15,36H2,1-4H3/t16?,17?,18-,19+,20?,21?,22?,23?,24?,25?,27+,28?,30?,32+,33-,34-,35+/m1/s1. The van der Waals surface area contributed by atoms with Crippen LogP contribution in [0.3, 0.4) is 0 Å². The summed E-state index contributed by atoms with van der Waals surface area (Å²) in [7, 11) is 0. The van der Waals surface area contributed by atoms with Crippen LogP contribution in [-0.4, -0.2) is 94.5 Å². The molecule has 6 aliphatic rings. The van der Waals surface area contributed by atoms with Crippen molar-refractivity contribution in [2.75, 3.05) is 0 Å². The minimum atomic E-state index is -1.34. The van der Waals surface area contributed by atoms with Crippen molar-refractivity contribution in [3.05, 3.63) is 11.6 Å². The largest absolute Gasteiger partial charge is 0.463 e. The number of fused-ring (bicyclic) bond motifs is 5. The molecule has 17 atom stereocenters. The molecule has 3 aliphatic heterocycles. The van der Waals surface area contributed by atoms with Crippen molar-refractivity contribution in [2.45, 2.75) is 159 Å². The van der Waals surface area contributed by atoms with Crippen molar-refractivity contribution < 1.29 is 48.6 Å². The summed E-state index contributed by atoms with van der Waals surface area (Å²) in [5.74, 6) is 0.148. The zero-order valence-corrected chi connectivity index (χ0v) is 27.7. The third-order valence-electron chi connectivity index (χ3n) is 12.1. The summed E-state index contributed by atoms with van der Waals surface area (Å²) in [4.78, 5) is 27.6. The highest BCUT2D eigenvalue weighted by Crippen LogP contribution is 2.56. The Morgan fingerprint density at radius 3 is 2.37 bits per heavy atom. The number of allylic oxidation sites excluding steroid dienone is 2. The lowest BCUT2D eigenvalue weighted by molar-refractivity contribution is -0.303. The van der Waals surface area contributed by atoms with Crippen molar-refractivity contribution >= 4 is 11.8 Å². The highest BCUT2D eigenvalue weighted by atomic mass is 16.7. The number of esters is 1. The normalized spacial score (nSPS) is 50.3. The predicted octanol–water partition coefficient (Wildman–Crippen LogP) is 2.76. The van der Waals surface area contributed by atoms with Gasteiger partial charge in [0.05, 0.1) is 36.9 Å². The second-order valence-electron chi connectivity index (χ2n) is 15.2. The highest BCUT2D eigenvalue weighted by Gasteiger charge is 2.53. The number of ether oxygens (including phenoxy) is 5. The topological polar surface area (TPSA) is 167 Å².